The molecule has 0 atom stereocenters. The molecule has 0 fully saturated rings. The Balaban J connectivity index is 1.67. The Bertz CT molecular complexity index is 1020. The molecule has 7 heteroatoms. The maximum atomic E-state index is 12.5. The number of hydrogen-bond donors (Lipinski definition) is 1. The number of carbonyl (C=O) groups excluding carboxylic acids is 2. The summed E-state index contributed by atoms with van der Waals surface area (Å²) >= 11 is 0. The number of aliphatic carboxylic acids is 1. The Hall–Kier alpha value is -3.87. The van der Waals surface area contributed by atoms with Crippen molar-refractivity contribution in [3.8, 4) is 11.5 Å². The highest BCUT2D eigenvalue weighted by molar-refractivity contribution is 5.91. The molecule has 0 bridgehead atoms. The molecule has 0 saturated heterocycles. The molecule has 0 saturated carbocycles. The largest absolute Gasteiger partial charge is 0.494 e. The van der Waals surface area contributed by atoms with Crippen molar-refractivity contribution in [3.63, 3.8) is 0 Å². The van der Waals surface area contributed by atoms with Gasteiger partial charge in [-0.2, -0.15) is 0 Å². The van der Waals surface area contributed by atoms with E-state index in [4.69, 9.17) is 19.3 Å². The Kier molecular flexibility index (Phi) is 11.8. The van der Waals surface area contributed by atoms with E-state index in [1.807, 2.05) is 0 Å². The van der Waals surface area contributed by atoms with Gasteiger partial charge in [0.25, 0.3) is 0 Å². The van der Waals surface area contributed by atoms with Crippen molar-refractivity contribution in [2.24, 2.45) is 0 Å². The minimum Gasteiger partial charge on any atom is -0.494 e. The molecule has 0 heterocycles. The Morgan fingerprint density at radius 2 is 1.57 bits per heavy atom. The standard InChI is InChI=1S/C28H32O7/c1-3-27(31)34-19-9-7-5-4-6-8-18-33-24-14-12-23(13-15-24)28(32)35-25-16-10-22(20-21(25)2)11-17-26(29)30/h3,10-17,20H,1,4-9,18-19H2,2H3,(H,29,30)/b17-11+. The third kappa shape index (κ3) is 10.7. The summed E-state index contributed by atoms with van der Waals surface area (Å²) in [7, 11) is 0. The molecule has 2 aromatic rings. The summed E-state index contributed by atoms with van der Waals surface area (Å²) in [5.41, 5.74) is 1.84. The van der Waals surface area contributed by atoms with Gasteiger partial charge in [-0.15, -0.1) is 0 Å². The maximum Gasteiger partial charge on any atom is 0.343 e. The molecule has 7 nitrogen and oxygen atoms in total. The van der Waals surface area contributed by atoms with Crippen LogP contribution in [-0.4, -0.2) is 36.2 Å². The molecule has 0 spiro atoms. The lowest BCUT2D eigenvalue weighted by Gasteiger charge is -2.09. The average molecular weight is 481 g/mol. The summed E-state index contributed by atoms with van der Waals surface area (Å²) in [4.78, 5) is 34.0. The molecule has 0 aliphatic carbocycles. The van der Waals surface area contributed by atoms with Crippen LogP contribution < -0.4 is 9.47 Å². The fourth-order valence-corrected chi connectivity index (χ4v) is 3.24. The van der Waals surface area contributed by atoms with Gasteiger partial charge in [-0.1, -0.05) is 38.3 Å². The highest BCUT2D eigenvalue weighted by Crippen LogP contribution is 2.22. The average Bonchev–Trinajstić information content (AvgIpc) is 2.85. The van der Waals surface area contributed by atoms with Crippen molar-refractivity contribution in [1.82, 2.24) is 0 Å². The number of aryl methyl sites for hydroxylation is 1. The fourth-order valence-electron chi connectivity index (χ4n) is 3.24. The summed E-state index contributed by atoms with van der Waals surface area (Å²) in [5.74, 6) is -0.770. The lowest BCUT2D eigenvalue weighted by Crippen LogP contribution is -2.09. The van der Waals surface area contributed by atoms with Crippen molar-refractivity contribution in [3.05, 3.63) is 77.9 Å². The number of ether oxygens (including phenoxy) is 3. The molecule has 0 amide bonds. The number of carbonyl (C=O) groups is 3. The normalized spacial score (nSPS) is 10.7. The molecule has 1 N–H and O–H groups in total. The number of esters is 2. The number of rotatable bonds is 15. The lowest BCUT2D eigenvalue weighted by atomic mass is 10.1. The number of benzene rings is 2. The van der Waals surface area contributed by atoms with Gasteiger partial charge in [0.1, 0.15) is 11.5 Å². The van der Waals surface area contributed by atoms with Crippen LogP contribution in [0.25, 0.3) is 6.08 Å². The van der Waals surface area contributed by atoms with Gasteiger partial charge in [-0.3, -0.25) is 0 Å². The van der Waals surface area contributed by atoms with Gasteiger partial charge in [0, 0.05) is 12.2 Å². The molecule has 0 aliphatic rings. The zero-order valence-corrected chi connectivity index (χ0v) is 20.0. The molecule has 35 heavy (non-hydrogen) atoms. The van der Waals surface area contributed by atoms with Crippen LogP contribution in [-0.2, 0) is 14.3 Å². The van der Waals surface area contributed by atoms with E-state index in [1.165, 1.54) is 12.2 Å². The maximum absolute atomic E-state index is 12.5. The molecular weight excluding hydrogens is 448 g/mol. The summed E-state index contributed by atoms with van der Waals surface area (Å²) in [6.45, 7) is 6.19. The van der Waals surface area contributed by atoms with Gasteiger partial charge < -0.3 is 19.3 Å². The van der Waals surface area contributed by atoms with Gasteiger partial charge in [-0.05, 0) is 73.4 Å². The molecule has 0 aromatic heterocycles. The van der Waals surface area contributed by atoms with Crippen LogP contribution in [0.15, 0.2) is 61.2 Å². The number of carboxylic acid groups (broad SMARTS) is 1. The van der Waals surface area contributed by atoms with Crippen LogP contribution in [0, 0.1) is 6.92 Å². The molecule has 0 aliphatic heterocycles. The summed E-state index contributed by atoms with van der Waals surface area (Å²) in [6.07, 6.45) is 9.77. The van der Waals surface area contributed by atoms with Gasteiger partial charge in [0.05, 0.1) is 18.8 Å². The van der Waals surface area contributed by atoms with Crippen molar-refractivity contribution in [1.29, 1.82) is 0 Å². The zero-order chi connectivity index (χ0) is 25.5. The number of unbranched alkanes of at least 4 members (excludes halogenated alkanes) is 5. The van der Waals surface area contributed by atoms with Crippen LogP contribution in [0.4, 0.5) is 0 Å². The second-order valence-corrected chi connectivity index (χ2v) is 7.95. The molecular formula is C28H32O7. The van der Waals surface area contributed by atoms with Crippen LogP contribution in [0.1, 0.15) is 60.0 Å². The second kappa shape index (κ2) is 15.1. The third-order valence-electron chi connectivity index (χ3n) is 5.13. The lowest BCUT2D eigenvalue weighted by molar-refractivity contribution is -0.138. The van der Waals surface area contributed by atoms with E-state index >= 15 is 0 Å². The van der Waals surface area contributed by atoms with E-state index < -0.39 is 11.9 Å². The summed E-state index contributed by atoms with van der Waals surface area (Å²) in [6, 6.07) is 11.9. The van der Waals surface area contributed by atoms with Crippen LogP contribution in [0.2, 0.25) is 0 Å². The quantitative estimate of drug-likeness (QED) is 0.150. The van der Waals surface area contributed by atoms with Gasteiger partial charge >= 0.3 is 17.9 Å². The highest BCUT2D eigenvalue weighted by atomic mass is 16.5. The van der Waals surface area contributed by atoms with Crippen molar-refractivity contribution in [2.45, 2.75) is 45.4 Å². The van der Waals surface area contributed by atoms with Crippen LogP contribution in [0.3, 0.4) is 0 Å². The fraction of sp³-hybridized carbons (Fsp3) is 0.321. The monoisotopic (exact) mass is 480 g/mol. The van der Waals surface area contributed by atoms with Crippen LogP contribution >= 0.6 is 0 Å². The molecule has 0 unspecified atom stereocenters. The smallest absolute Gasteiger partial charge is 0.343 e. The topological polar surface area (TPSA) is 99.1 Å². The minimum atomic E-state index is -1.02. The first-order valence-electron chi connectivity index (χ1n) is 11.6. The number of hydrogen-bond acceptors (Lipinski definition) is 6. The predicted molar refractivity (Wildman–Crippen MR) is 134 cm³/mol. The number of carboxylic acids is 1. The SMILES string of the molecule is C=CC(=O)OCCCCCCCCOc1ccc(C(=O)Oc2ccc(/C=C/C(=O)O)cc2C)cc1. The highest BCUT2D eigenvalue weighted by Gasteiger charge is 2.11. The molecule has 2 rings (SSSR count). The van der Waals surface area contributed by atoms with Crippen LogP contribution in [0.5, 0.6) is 11.5 Å². The minimum absolute atomic E-state index is 0.374. The van der Waals surface area contributed by atoms with Gasteiger partial charge in [0.15, 0.2) is 0 Å². The van der Waals surface area contributed by atoms with E-state index in [0.717, 1.165) is 50.2 Å². The predicted octanol–water partition coefficient (Wildman–Crippen LogP) is 5.76. The van der Waals surface area contributed by atoms with E-state index in [9.17, 15) is 14.4 Å². The molecule has 2 aromatic carbocycles. The first-order valence-corrected chi connectivity index (χ1v) is 11.6. The summed E-state index contributed by atoms with van der Waals surface area (Å²) in [5, 5.41) is 8.72. The second-order valence-electron chi connectivity index (χ2n) is 7.95. The van der Waals surface area contributed by atoms with Gasteiger partial charge in [0.2, 0.25) is 0 Å². The zero-order valence-electron chi connectivity index (χ0n) is 20.0. The van der Waals surface area contributed by atoms with E-state index in [-0.39, 0.29) is 5.97 Å². The van der Waals surface area contributed by atoms with Crippen molar-refractivity contribution in [2.75, 3.05) is 13.2 Å². The Labute approximate surface area is 206 Å². The molecule has 0 radical (unpaired) electrons. The van der Waals surface area contributed by atoms with E-state index in [1.54, 1.807) is 49.4 Å². The Morgan fingerprint density at radius 3 is 2.20 bits per heavy atom. The third-order valence-corrected chi connectivity index (χ3v) is 5.13. The Morgan fingerprint density at radius 1 is 0.914 bits per heavy atom. The van der Waals surface area contributed by atoms with Crippen molar-refractivity contribution >= 4 is 24.0 Å². The van der Waals surface area contributed by atoms with E-state index in [0.29, 0.717) is 35.8 Å². The van der Waals surface area contributed by atoms with E-state index in [2.05, 4.69) is 6.58 Å². The van der Waals surface area contributed by atoms with Gasteiger partial charge in [-0.25, -0.2) is 14.4 Å². The van der Waals surface area contributed by atoms with Crippen molar-refractivity contribution < 1.29 is 33.7 Å². The summed E-state index contributed by atoms with van der Waals surface area (Å²) < 4.78 is 16.2. The molecule has 186 valence electrons. The first-order chi connectivity index (χ1) is 16.9. The first kappa shape index (κ1) is 27.4.